The van der Waals surface area contributed by atoms with Crippen LogP contribution in [0.4, 0.5) is 0 Å². The summed E-state index contributed by atoms with van der Waals surface area (Å²) in [5, 5.41) is 4.22. The molecule has 0 radical (unpaired) electrons. The van der Waals surface area contributed by atoms with Gasteiger partial charge in [0.05, 0.1) is 5.52 Å². The van der Waals surface area contributed by atoms with Gasteiger partial charge in [-0.05, 0) is 36.8 Å². The van der Waals surface area contributed by atoms with Crippen molar-refractivity contribution in [2.75, 3.05) is 26.2 Å². The summed E-state index contributed by atoms with van der Waals surface area (Å²) in [5.41, 5.74) is 3.55. The van der Waals surface area contributed by atoms with Crippen molar-refractivity contribution < 1.29 is 9.53 Å². The van der Waals surface area contributed by atoms with Crippen LogP contribution >= 0.6 is 0 Å². The van der Waals surface area contributed by atoms with Gasteiger partial charge in [0.25, 0.3) is 5.91 Å². The molecule has 2 heterocycles. The maximum atomic E-state index is 13.8. The summed E-state index contributed by atoms with van der Waals surface area (Å²) >= 11 is 0. The first-order valence-electron chi connectivity index (χ1n) is 10.7. The highest BCUT2D eigenvalue weighted by molar-refractivity contribution is 6.10. The highest BCUT2D eigenvalue weighted by Gasteiger charge is 2.29. The van der Waals surface area contributed by atoms with Gasteiger partial charge in [0.1, 0.15) is 11.3 Å². The number of hydrogen-bond donors (Lipinski definition) is 1. The lowest BCUT2D eigenvalue weighted by Crippen LogP contribution is -2.46. The Morgan fingerprint density at radius 3 is 2.32 bits per heavy atom. The van der Waals surface area contributed by atoms with Gasteiger partial charge < -0.3 is 15.0 Å². The van der Waals surface area contributed by atoms with E-state index in [0.29, 0.717) is 24.5 Å². The molecule has 1 N–H and O–H groups in total. The second-order valence-electron chi connectivity index (χ2n) is 7.78. The zero-order valence-electron chi connectivity index (χ0n) is 17.5. The molecule has 0 atom stereocenters. The van der Waals surface area contributed by atoms with Crippen molar-refractivity contribution in [3.63, 3.8) is 0 Å². The molecule has 156 valence electrons. The number of nitrogens with one attached hydrogen (secondary N) is 1. The number of nitrogens with zero attached hydrogens (tertiary/aromatic N) is 2. The van der Waals surface area contributed by atoms with Gasteiger partial charge in [-0.1, -0.05) is 54.6 Å². The van der Waals surface area contributed by atoms with Gasteiger partial charge in [0, 0.05) is 37.3 Å². The molecule has 1 aromatic heterocycles. The van der Waals surface area contributed by atoms with E-state index in [1.54, 1.807) is 0 Å². The highest BCUT2D eigenvalue weighted by atomic mass is 16.5. The average molecular weight is 412 g/mol. The Balaban J connectivity index is 1.76. The monoisotopic (exact) mass is 411 g/mol. The number of ether oxygens (including phenoxy) is 1. The summed E-state index contributed by atoms with van der Waals surface area (Å²) < 4.78 is 8.58. The topological polar surface area (TPSA) is 46.5 Å². The van der Waals surface area contributed by atoms with Crippen LogP contribution in [-0.2, 0) is 0 Å². The first kappa shape index (κ1) is 19.4. The van der Waals surface area contributed by atoms with Crippen LogP contribution in [-0.4, -0.2) is 41.6 Å². The van der Waals surface area contributed by atoms with E-state index in [2.05, 4.69) is 9.88 Å². The molecule has 5 rings (SSSR count). The van der Waals surface area contributed by atoms with Gasteiger partial charge in [-0.3, -0.25) is 9.36 Å². The third-order valence-corrected chi connectivity index (χ3v) is 5.76. The van der Waals surface area contributed by atoms with E-state index >= 15 is 0 Å². The standard InChI is InChI=1S/C26H25N3O2/c1-19-9-5-8-14-23(19)31-26-24(25(30)28-17-15-27-16-18-28)21-12-6-7-13-22(21)29(26)20-10-3-2-4-11-20/h2-14,27H,15-18H2,1H3. The van der Waals surface area contributed by atoms with Gasteiger partial charge in [-0.15, -0.1) is 0 Å². The summed E-state index contributed by atoms with van der Waals surface area (Å²) in [5.74, 6) is 1.32. The fourth-order valence-electron chi connectivity index (χ4n) is 4.15. The number of rotatable bonds is 4. The lowest BCUT2D eigenvalue weighted by atomic mass is 10.1. The first-order chi connectivity index (χ1) is 15.2. The molecule has 1 amide bonds. The van der Waals surface area contributed by atoms with E-state index in [9.17, 15) is 4.79 Å². The molecule has 0 bridgehead atoms. The van der Waals surface area contributed by atoms with E-state index in [-0.39, 0.29) is 5.91 Å². The molecule has 31 heavy (non-hydrogen) atoms. The molecule has 0 spiro atoms. The van der Waals surface area contributed by atoms with Gasteiger partial charge in [-0.25, -0.2) is 0 Å². The van der Waals surface area contributed by atoms with Crippen LogP contribution in [0.5, 0.6) is 11.6 Å². The third-order valence-electron chi connectivity index (χ3n) is 5.76. The van der Waals surface area contributed by atoms with Crippen LogP contribution in [0, 0.1) is 6.92 Å². The quantitative estimate of drug-likeness (QED) is 0.526. The molecular weight excluding hydrogens is 386 g/mol. The van der Waals surface area contributed by atoms with Crippen molar-refractivity contribution in [1.82, 2.24) is 14.8 Å². The lowest BCUT2D eigenvalue weighted by Gasteiger charge is -2.27. The second-order valence-corrected chi connectivity index (χ2v) is 7.78. The molecule has 4 aromatic rings. The van der Waals surface area contributed by atoms with Gasteiger partial charge in [0.15, 0.2) is 0 Å². The summed E-state index contributed by atoms with van der Waals surface area (Å²) in [6.07, 6.45) is 0. The normalized spacial score (nSPS) is 14.0. The number of hydrogen-bond acceptors (Lipinski definition) is 3. The van der Waals surface area contributed by atoms with Crippen LogP contribution in [0.15, 0.2) is 78.9 Å². The van der Waals surface area contributed by atoms with Crippen LogP contribution in [0.2, 0.25) is 0 Å². The van der Waals surface area contributed by atoms with Crippen LogP contribution < -0.4 is 10.1 Å². The molecule has 5 heteroatoms. The van der Waals surface area contributed by atoms with E-state index in [1.165, 1.54) is 0 Å². The summed E-state index contributed by atoms with van der Waals surface area (Å²) in [6.45, 7) is 5.00. The van der Waals surface area contributed by atoms with E-state index in [1.807, 2.05) is 90.7 Å². The Labute approximate surface area is 181 Å². The second kappa shape index (κ2) is 8.28. The number of carbonyl (C=O) groups excluding carboxylic acids is 1. The Morgan fingerprint density at radius 2 is 1.55 bits per heavy atom. The number of amides is 1. The maximum Gasteiger partial charge on any atom is 0.260 e. The van der Waals surface area contributed by atoms with Gasteiger partial charge in [-0.2, -0.15) is 0 Å². The Hall–Kier alpha value is -3.57. The number of aromatic nitrogens is 1. The number of benzene rings is 3. The fourth-order valence-corrected chi connectivity index (χ4v) is 4.15. The number of piperazine rings is 1. The fraction of sp³-hybridized carbons (Fsp3) is 0.192. The molecule has 1 fully saturated rings. The average Bonchev–Trinajstić information content (AvgIpc) is 3.15. The summed E-state index contributed by atoms with van der Waals surface area (Å²) in [6, 6.07) is 26.0. The third kappa shape index (κ3) is 3.57. The van der Waals surface area contributed by atoms with Crippen LogP contribution in [0.3, 0.4) is 0 Å². The minimum absolute atomic E-state index is 0.0102. The van der Waals surface area contributed by atoms with Gasteiger partial charge >= 0.3 is 0 Å². The molecule has 3 aromatic carbocycles. The zero-order valence-corrected chi connectivity index (χ0v) is 17.5. The van der Waals surface area contributed by atoms with Crippen molar-refractivity contribution in [3.05, 3.63) is 90.0 Å². The molecule has 0 aliphatic carbocycles. The summed E-state index contributed by atoms with van der Waals surface area (Å²) in [7, 11) is 0. The van der Waals surface area contributed by atoms with Crippen molar-refractivity contribution in [3.8, 4) is 17.3 Å². The zero-order chi connectivity index (χ0) is 21.2. The van der Waals surface area contributed by atoms with Crippen molar-refractivity contribution in [2.45, 2.75) is 6.92 Å². The Morgan fingerprint density at radius 1 is 0.871 bits per heavy atom. The first-order valence-corrected chi connectivity index (χ1v) is 10.7. The molecule has 0 unspecified atom stereocenters. The predicted molar refractivity (Wildman–Crippen MR) is 123 cm³/mol. The number of aryl methyl sites for hydroxylation is 1. The number of fused-ring (bicyclic) bond motifs is 1. The van der Waals surface area contributed by atoms with Gasteiger partial charge in [0.2, 0.25) is 5.88 Å². The number of carbonyl (C=O) groups is 1. The summed E-state index contributed by atoms with van der Waals surface area (Å²) in [4.78, 5) is 15.7. The molecule has 5 nitrogen and oxygen atoms in total. The number of para-hydroxylation sites is 3. The van der Waals surface area contributed by atoms with Crippen molar-refractivity contribution in [1.29, 1.82) is 0 Å². The van der Waals surface area contributed by atoms with E-state index in [4.69, 9.17) is 4.74 Å². The lowest BCUT2D eigenvalue weighted by molar-refractivity contribution is 0.0735. The minimum Gasteiger partial charge on any atom is -0.439 e. The SMILES string of the molecule is Cc1ccccc1Oc1c(C(=O)N2CCNCC2)c2ccccc2n1-c1ccccc1. The maximum absolute atomic E-state index is 13.8. The van der Waals surface area contributed by atoms with Crippen molar-refractivity contribution >= 4 is 16.8 Å². The van der Waals surface area contributed by atoms with Crippen molar-refractivity contribution in [2.24, 2.45) is 0 Å². The van der Waals surface area contributed by atoms with Crippen LogP contribution in [0.25, 0.3) is 16.6 Å². The molecule has 1 aliphatic rings. The Kier molecular flexibility index (Phi) is 5.18. The molecule has 1 aliphatic heterocycles. The van der Waals surface area contributed by atoms with E-state index in [0.717, 1.165) is 41.0 Å². The largest absolute Gasteiger partial charge is 0.439 e. The Bertz CT molecular complexity index is 1220. The van der Waals surface area contributed by atoms with E-state index < -0.39 is 0 Å². The predicted octanol–water partition coefficient (Wildman–Crippen LogP) is 4.78. The smallest absolute Gasteiger partial charge is 0.260 e. The molecule has 0 saturated carbocycles. The molecule has 1 saturated heterocycles. The minimum atomic E-state index is 0.0102. The van der Waals surface area contributed by atoms with Crippen LogP contribution in [0.1, 0.15) is 15.9 Å². The highest BCUT2D eigenvalue weighted by Crippen LogP contribution is 2.39. The molecular formula is C26H25N3O2.